The predicted octanol–water partition coefficient (Wildman–Crippen LogP) is 3.51. The molecule has 2 aromatic heterocycles. The first kappa shape index (κ1) is 20.4. The van der Waals surface area contributed by atoms with Crippen LogP contribution in [0.25, 0.3) is 11.6 Å². The molecule has 0 aliphatic carbocycles. The van der Waals surface area contributed by atoms with Crippen LogP contribution in [0.4, 0.5) is 0 Å². The van der Waals surface area contributed by atoms with Gasteiger partial charge in [0.25, 0.3) is 0 Å². The third kappa shape index (κ3) is 4.55. The highest BCUT2D eigenvalue weighted by Crippen LogP contribution is 2.25. The fourth-order valence-corrected chi connectivity index (χ4v) is 3.43. The van der Waals surface area contributed by atoms with Gasteiger partial charge in [-0.2, -0.15) is 4.98 Å². The van der Waals surface area contributed by atoms with E-state index in [1.54, 1.807) is 18.4 Å². The third-order valence-corrected chi connectivity index (χ3v) is 4.79. The number of rotatable bonds is 5. The number of aromatic nitrogens is 2. The Kier molecular flexibility index (Phi) is 6.72. The Hall–Kier alpha value is -2.35. The summed E-state index contributed by atoms with van der Waals surface area (Å²) in [6.45, 7) is 2.12. The minimum Gasteiger partial charge on any atom is -0.461 e. The molecule has 3 heterocycles. The molecule has 1 aromatic carbocycles. The summed E-state index contributed by atoms with van der Waals surface area (Å²) in [4.78, 5) is 19.0. The normalized spacial score (nSPS) is 16.6. The van der Waals surface area contributed by atoms with Gasteiger partial charge in [-0.3, -0.25) is 4.79 Å². The number of amides is 1. The van der Waals surface area contributed by atoms with Gasteiger partial charge in [0.05, 0.1) is 12.3 Å². The molecule has 1 unspecified atom stereocenters. The highest BCUT2D eigenvalue weighted by Gasteiger charge is 2.28. The molecular formula is C19H20Cl2N4O3. The summed E-state index contributed by atoms with van der Waals surface area (Å²) in [6, 6.07) is 11.1. The number of aryl methyl sites for hydroxylation is 1. The van der Waals surface area contributed by atoms with E-state index >= 15 is 0 Å². The van der Waals surface area contributed by atoms with Crippen LogP contribution >= 0.6 is 24.0 Å². The van der Waals surface area contributed by atoms with Crippen molar-refractivity contribution in [3.05, 3.63) is 59.1 Å². The standard InChI is InChI=1S/C19H19ClN4O3.ClH/c20-14-4-1-3-13(11-14)15-12-21-8-9-24(15)18(25)7-6-17-22-19(23-27-17)16-5-2-10-26-16;/h1-5,10-11,15,21H,6-9,12H2;1H. The van der Waals surface area contributed by atoms with E-state index in [1.165, 1.54) is 0 Å². The summed E-state index contributed by atoms with van der Waals surface area (Å²) in [5.74, 6) is 1.41. The Morgan fingerprint density at radius 3 is 3.00 bits per heavy atom. The highest BCUT2D eigenvalue weighted by atomic mass is 35.5. The van der Waals surface area contributed by atoms with Crippen molar-refractivity contribution in [3.8, 4) is 11.6 Å². The lowest BCUT2D eigenvalue weighted by molar-refractivity contribution is -0.134. The molecule has 0 bridgehead atoms. The Labute approximate surface area is 173 Å². The van der Waals surface area contributed by atoms with E-state index in [0.29, 0.717) is 48.4 Å². The number of benzene rings is 1. The summed E-state index contributed by atoms with van der Waals surface area (Å²) in [5.41, 5.74) is 1.03. The van der Waals surface area contributed by atoms with Crippen molar-refractivity contribution in [1.29, 1.82) is 0 Å². The van der Waals surface area contributed by atoms with Crippen LogP contribution in [0.2, 0.25) is 5.02 Å². The molecule has 9 heteroatoms. The monoisotopic (exact) mass is 422 g/mol. The van der Waals surface area contributed by atoms with Gasteiger partial charge in [0.2, 0.25) is 17.6 Å². The molecule has 1 saturated heterocycles. The fraction of sp³-hybridized carbons (Fsp3) is 0.316. The lowest BCUT2D eigenvalue weighted by atomic mass is 10.0. The largest absolute Gasteiger partial charge is 0.461 e. The molecule has 3 aromatic rings. The van der Waals surface area contributed by atoms with Crippen molar-refractivity contribution in [2.75, 3.05) is 19.6 Å². The van der Waals surface area contributed by atoms with Crippen LogP contribution in [0, 0.1) is 0 Å². The summed E-state index contributed by atoms with van der Waals surface area (Å²) in [6.07, 6.45) is 2.24. The molecule has 0 radical (unpaired) electrons. The smallest absolute Gasteiger partial charge is 0.238 e. The molecule has 28 heavy (non-hydrogen) atoms. The number of nitrogens with zero attached hydrogens (tertiary/aromatic N) is 3. The van der Waals surface area contributed by atoms with Gasteiger partial charge in [-0.1, -0.05) is 28.9 Å². The molecule has 1 N–H and O–H groups in total. The second kappa shape index (κ2) is 9.23. The number of nitrogens with one attached hydrogen (secondary N) is 1. The molecule has 0 spiro atoms. The van der Waals surface area contributed by atoms with Crippen LogP contribution in [-0.2, 0) is 11.2 Å². The first-order valence-electron chi connectivity index (χ1n) is 8.83. The van der Waals surface area contributed by atoms with Gasteiger partial charge in [-0.25, -0.2) is 0 Å². The van der Waals surface area contributed by atoms with E-state index in [2.05, 4.69) is 15.5 Å². The van der Waals surface area contributed by atoms with E-state index in [9.17, 15) is 4.79 Å². The minimum atomic E-state index is -0.0358. The SMILES string of the molecule is Cl.O=C(CCc1nc(-c2ccco2)no1)N1CCNCC1c1cccc(Cl)c1. The summed E-state index contributed by atoms with van der Waals surface area (Å²) < 4.78 is 10.5. The zero-order valence-corrected chi connectivity index (χ0v) is 16.6. The fourth-order valence-electron chi connectivity index (χ4n) is 3.23. The van der Waals surface area contributed by atoms with Crippen LogP contribution in [0.3, 0.4) is 0 Å². The first-order valence-corrected chi connectivity index (χ1v) is 9.20. The maximum Gasteiger partial charge on any atom is 0.238 e. The summed E-state index contributed by atoms with van der Waals surface area (Å²) in [7, 11) is 0. The maximum absolute atomic E-state index is 12.8. The molecular weight excluding hydrogens is 403 g/mol. The van der Waals surface area contributed by atoms with Gasteiger partial charge in [0, 0.05) is 37.5 Å². The van der Waals surface area contributed by atoms with Crippen molar-refractivity contribution < 1.29 is 13.7 Å². The molecule has 7 nitrogen and oxygen atoms in total. The Morgan fingerprint density at radius 2 is 2.21 bits per heavy atom. The van der Waals surface area contributed by atoms with Crippen LogP contribution in [0.15, 0.2) is 51.6 Å². The summed E-state index contributed by atoms with van der Waals surface area (Å²) >= 11 is 6.12. The van der Waals surface area contributed by atoms with Crippen molar-refractivity contribution in [1.82, 2.24) is 20.4 Å². The van der Waals surface area contributed by atoms with E-state index in [-0.39, 0.29) is 24.4 Å². The Balaban J connectivity index is 0.00000225. The minimum absolute atomic E-state index is 0. The average Bonchev–Trinajstić information content (AvgIpc) is 3.38. The number of hydrogen-bond acceptors (Lipinski definition) is 6. The van der Waals surface area contributed by atoms with Gasteiger partial charge in [0.15, 0.2) is 5.76 Å². The van der Waals surface area contributed by atoms with E-state index < -0.39 is 0 Å². The quantitative estimate of drug-likeness (QED) is 0.676. The zero-order valence-electron chi connectivity index (χ0n) is 15.0. The molecule has 1 aliphatic rings. The second-order valence-corrected chi connectivity index (χ2v) is 6.79. The number of piperazine rings is 1. The Bertz CT molecular complexity index is 914. The van der Waals surface area contributed by atoms with Gasteiger partial charge < -0.3 is 19.2 Å². The Morgan fingerprint density at radius 1 is 1.32 bits per heavy atom. The zero-order chi connectivity index (χ0) is 18.6. The lowest BCUT2D eigenvalue weighted by Gasteiger charge is -2.36. The average molecular weight is 423 g/mol. The number of carbonyl (C=O) groups excluding carboxylic acids is 1. The van der Waals surface area contributed by atoms with Crippen LogP contribution in [0.1, 0.15) is 23.9 Å². The molecule has 1 aliphatic heterocycles. The van der Waals surface area contributed by atoms with Gasteiger partial charge >= 0.3 is 0 Å². The third-order valence-electron chi connectivity index (χ3n) is 4.56. The molecule has 1 fully saturated rings. The van der Waals surface area contributed by atoms with Gasteiger partial charge in [-0.05, 0) is 29.8 Å². The highest BCUT2D eigenvalue weighted by molar-refractivity contribution is 6.30. The van der Waals surface area contributed by atoms with Crippen molar-refractivity contribution in [3.63, 3.8) is 0 Å². The van der Waals surface area contributed by atoms with Crippen LogP contribution in [-0.4, -0.2) is 40.6 Å². The topological polar surface area (TPSA) is 84.4 Å². The number of furan rings is 1. The number of carbonyl (C=O) groups is 1. The predicted molar refractivity (Wildman–Crippen MR) is 106 cm³/mol. The van der Waals surface area contributed by atoms with E-state index in [1.807, 2.05) is 29.2 Å². The van der Waals surface area contributed by atoms with Crippen LogP contribution < -0.4 is 5.32 Å². The van der Waals surface area contributed by atoms with Gasteiger partial charge in [0.1, 0.15) is 0 Å². The van der Waals surface area contributed by atoms with E-state index in [0.717, 1.165) is 12.1 Å². The molecule has 4 rings (SSSR count). The lowest BCUT2D eigenvalue weighted by Crippen LogP contribution is -2.48. The summed E-state index contributed by atoms with van der Waals surface area (Å²) in [5, 5.41) is 7.90. The second-order valence-electron chi connectivity index (χ2n) is 6.35. The van der Waals surface area contributed by atoms with Crippen molar-refractivity contribution in [2.24, 2.45) is 0 Å². The molecule has 0 saturated carbocycles. The van der Waals surface area contributed by atoms with E-state index in [4.69, 9.17) is 20.5 Å². The molecule has 1 atom stereocenters. The number of halogens is 2. The maximum atomic E-state index is 12.8. The van der Waals surface area contributed by atoms with Crippen LogP contribution in [0.5, 0.6) is 0 Å². The van der Waals surface area contributed by atoms with Crippen molar-refractivity contribution >= 4 is 29.9 Å². The molecule has 1 amide bonds. The molecule has 148 valence electrons. The number of hydrogen-bond donors (Lipinski definition) is 1. The van der Waals surface area contributed by atoms with Gasteiger partial charge in [-0.15, -0.1) is 12.4 Å². The van der Waals surface area contributed by atoms with Crippen molar-refractivity contribution in [2.45, 2.75) is 18.9 Å². The first-order chi connectivity index (χ1) is 13.2.